The number of imidazole rings is 1. The van der Waals surface area contributed by atoms with Crippen LogP contribution in [-0.2, 0) is 17.6 Å². The molecule has 0 aromatic carbocycles. The van der Waals surface area contributed by atoms with E-state index in [0.29, 0.717) is 12.2 Å². The largest absolute Gasteiger partial charge is 0.443 e. The number of pyridine rings is 1. The van der Waals surface area contributed by atoms with Crippen molar-refractivity contribution in [3.63, 3.8) is 0 Å². The van der Waals surface area contributed by atoms with Crippen LogP contribution in [0.1, 0.15) is 52.6 Å². The number of ether oxygens (including phenoxy) is 1. The Morgan fingerprint density at radius 3 is 2.56 bits per heavy atom. The topological polar surface area (TPSA) is 92.8 Å². The molecule has 0 aliphatic carbocycles. The number of nitrogens with zero attached hydrogens (tertiary/aromatic N) is 4. The molecule has 0 aliphatic rings. The van der Waals surface area contributed by atoms with Crippen LogP contribution in [0.4, 0.5) is 10.5 Å². The minimum atomic E-state index is -0.637. The first kappa shape index (κ1) is 20.4. The number of aryl methyl sites for hydroxylation is 2. The third-order valence-electron chi connectivity index (χ3n) is 3.70. The summed E-state index contributed by atoms with van der Waals surface area (Å²) >= 11 is 0. The Morgan fingerprint density at radius 2 is 1.96 bits per heavy atom. The van der Waals surface area contributed by atoms with Crippen LogP contribution < -0.4 is 5.32 Å². The van der Waals surface area contributed by atoms with Crippen LogP contribution in [-0.4, -0.2) is 31.8 Å². The van der Waals surface area contributed by atoms with E-state index in [2.05, 4.69) is 21.4 Å². The van der Waals surface area contributed by atoms with Gasteiger partial charge in [-0.3, -0.25) is 4.98 Å². The zero-order valence-electron chi connectivity index (χ0n) is 16.6. The zero-order chi connectivity index (χ0) is 20.1. The summed E-state index contributed by atoms with van der Waals surface area (Å²) in [4.78, 5) is 20.9. The van der Waals surface area contributed by atoms with Gasteiger partial charge in [-0.25, -0.2) is 14.3 Å². The number of carbonyl (C=O) groups excluding carboxylic acids is 1. The summed E-state index contributed by atoms with van der Waals surface area (Å²) < 4.78 is 6.85. The molecular weight excluding hydrogens is 342 g/mol. The van der Waals surface area contributed by atoms with Gasteiger partial charge in [-0.1, -0.05) is 0 Å². The Balaban J connectivity index is 1.90. The molecule has 27 heavy (non-hydrogen) atoms. The van der Waals surface area contributed by atoms with Crippen LogP contribution in [0.25, 0.3) is 0 Å². The van der Waals surface area contributed by atoms with Gasteiger partial charge in [-0.15, -0.1) is 0 Å². The van der Waals surface area contributed by atoms with E-state index in [1.54, 1.807) is 18.6 Å². The fourth-order valence-corrected chi connectivity index (χ4v) is 2.46. The van der Waals surface area contributed by atoms with Crippen LogP contribution in [0.15, 0.2) is 30.7 Å². The summed E-state index contributed by atoms with van der Waals surface area (Å²) in [5, 5.41) is 12.2. The molecule has 0 saturated carbocycles. The quantitative estimate of drug-likeness (QED) is 0.829. The molecule has 0 amide bonds. The van der Waals surface area contributed by atoms with Crippen molar-refractivity contribution in [1.29, 1.82) is 5.26 Å². The smallest absolute Gasteiger partial charge is 0.419 e. The summed E-state index contributed by atoms with van der Waals surface area (Å²) in [6.07, 6.45) is 6.77. The van der Waals surface area contributed by atoms with Crippen LogP contribution in [0.2, 0.25) is 0 Å². The van der Waals surface area contributed by atoms with Crippen LogP contribution in [0.3, 0.4) is 0 Å². The lowest BCUT2D eigenvalue weighted by Crippen LogP contribution is -2.28. The highest BCUT2D eigenvalue weighted by atomic mass is 16.6. The molecule has 2 aromatic rings. The maximum absolute atomic E-state index is 12.2. The highest BCUT2D eigenvalue weighted by Crippen LogP contribution is 2.15. The molecule has 144 valence electrons. The Morgan fingerprint density at radius 1 is 1.22 bits per heavy atom. The van der Waals surface area contributed by atoms with Gasteiger partial charge in [-0.05, 0) is 59.6 Å². The van der Waals surface area contributed by atoms with Crippen molar-refractivity contribution in [1.82, 2.24) is 14.5 Å². The van der Waals surface area contributed by atoms with Crippen molar-refractivity contribution >= 4 is 11.8 Å². The van der Waals surface area contributed by atoms with Gasteiger partial charge < -0.3 is 10.1 Å². The summed E-state index contributed by atoms with van der Waals surface area (Å²) in [6, 6.07) is 6.06. The number of hydrogen-bond donors (Lipinski definition) is 1. The number of aromatic nitrogens is 3. The first-order chi connectivity index (χ1) is 12.6. The first-order valence-corrected chi connectivity index (χ1v) is 8.99. The number of rotatable bonds is 6. The molecule has 0 saturated heterocycles. The second kappa shape index (κ2) is 8.21. The fraction of sp³-hybridized carbons (Fsp3) is 0.500. The van der Waals surface area contributed by atoms with Crippen LogP contribution in [0.5, 0.6) is 0 Å². The number of nitriles is 1. The first-order valence-electron chi connectivity index (χ1n) is 8.99. The van der Waals surface area contributed by atoms with Gasteiger partial charge >= 0.3 is 6.09 Å². The maximum Gasteiger partial charge on any atom is 0.419 e. The maximum atomic E-state index is 12.2. The Labute approximate surface area is 160 Å². The molecule has 0 spiro atoms. The molecule has 2 aromatic heterocycles. The van der Waals surface area contributed by atoms with Gasteiger partial charge in [0.1, 0.15) is 17.0 Å². The van der Waals surface area contributed by atoms with E-state index in [0.717, 1.165) is 24.2 Å². The highest BCUT2D eigenvalue weighted by molar-refractivity contribution is 5.71. The van der Waals surface area contributed by atoms with E-state index in [-0.39, 0.29) is 0 Å². The van der Waals surface area contributed by atoms with Gasteiger partial charge in [0.2, 0.25) is 0 Å². The van der Waals surface area contributed by atoms with Gasteiger partial charge in [0, 0.05) is 24.5 Å². The van der Waals surface area contributed by atoms with Gasteiger partial charge in [-0.2, -0.15) is 5.26 Å². The standard InChI is InChI=1S/C20H27N5O2/c1-19(2,3)27-18(26)25-12-11-22-17(25)8-6-7-15-9-10-16(13-23-15)24-20(4,5)14-21/h9-13,24H,6-8H2,1-5H3. The molecule has 0 bridgehead atoms. The lowest BCUT2D eigenvalue weighted by atomic mass is 10.1. The molecular formula is C20H27N5O2. The van der Waals surface area contributed by atoms with E-state index in [1.165, 1.54) is 4.57 Å². The number of carbonyl (C=O) groups is 1. The molecule has 2 heterocycles. The van der Waals surface area contributed by atoms with E-state index in [4.69, 9.17) is 10.00 Å². The Hall–Kier alpha value is -2.88. The van der Waals surface area contributed by atoms with Crippen molar-refractivity contribution in [2.24, 2.45) is 0 Å². The second-order valence-electron chi connectivity index (χ2n) is 7.95. The summed E-state index contributed by atoms with van der Waals surface area (Å²) in [5.41, 5.74) is 0.580. The molecule has 1 N–H and O–H groups in total. The lowest BCUT2D eigenvalue weighted by Gasteiger charge is -2.20. The van der Waals surface area contributed by atoms with Gasteiger partial charge in [0.05, 0.1) is 18.0 Å². The molecule has 0 radical (unpaired) electrons. The fourth-order valence-electron chi connectivity index (χ4n) is 2.46. The third kappa shape index (κ3) is 6.41. The number of hydrogen-bond acceptors (Lipinski definition) is 6. The molecule has 2 rings (SSSR count). The molecule has 0 aliphatic heterocycles. The van der Waals surface area contributed by atoms with E-state index >= 15 is 0 Å². The van der Waals surface area contributed by atoms with E-state index in [9.17, 15) is 4.79 Å². The van der Waals surface area contributed by atoms with Crippen molar-refractivity contribution in [2.75, 3.05) is 5.32 Å². The highest BCUT2D eigenvalue weighted by Gasteiger charge is 2.20. The van der Waals surface area contributed by atoms with E-state index in [1.807, 2.05) is 46.8 Å². The molecule has 0 atom stereocenters. The van der Waals surface area contributed by atoms with Crippen molar-refractivity contribution in [2.45, 2.75) is 65.0 Å². The van der Waals surface area contributed by atoms with Gasteiger partial charge in [0.25, 0.3) is 0 Å². The summed E-state index contributed by atoms with van der Waals surface area (Å²) in [6.45, 7) is 9.14. The molecule has 0 fully saturated rings. The minimum Gasteiger partial charge on any atom is -0.443 e. The molecule has 0 unspecified atom stereocenters. The minimum absolute atomic E-state index is 0.413. The average molecular weight is 369 g/mol. The molecule has 7 heteroatoms. The molecule has 7 nitrogen and oxygen atoms in total. The zero-order valence-corrected chi connectivity index (χ0v) is 16.6. The van der Waals surface area contributed by atoms with E-state index < -0.39 is 17.2 Å². The Kier molecular flexibility index (Phi) is 6.21. The Bertz CT molecular complexity index is 810. The summed E-state index contributed by atoms with van der Waals surface area (Å²) in [7, 11) is 0. The lowest BCUT2D eigenvalue weighted by molar-refractivity contribution is 0.0531. The van der Waals surface area contributed by atoms with Crippen molar-refractivity contribution in [3.8, 4) is 6.07 Å². The predicted octanol–water partition coefficient (Wildman–Crippen LogP) is 3.95. The van der Waals surface area contributed by atoms with Crippen LogP contribution in [0, 0.1) is 11.3 Å². The number of anilines is 1. The number of nitrogens with one attached hydrogen (secondary N) is 1. The average Bonchev–Trinajstić information content (AvgIpc) is 3.03. The van der Waals surface area contributed by atoms with Crippen LogP contribution >= 0.6 is 0 Å². The SMILES string of the molecule is CC(C)(C#N)Nc1ccc(CCCc2nccn2C(=O)OC(C)(C)C)nc1. The van der Waals surface area contributed by atoms with Gasteiger partial charge in [0.15, 0.2) is 0 Å². The predicted molar refractivity (Wildman–Crippen MR) is 103 cm³/mol. The monoisotopic (exact) mass is 369 g/mol. The third-order valence-corrected chi connectivity index (χ3v) is 3.70. The van der Waals surface area contributed by atoms with Crippen molar-refractivity contribution in [3.05, 3.63) is 42.2 Å². The van der Waals surface area contributed by atoms with Crippen molar-refractivity contribution < 1.29 is 9.53 Å². The normalized spacial score (nSPS) is 11.7. The second-order valence-corrected chi connectivity index (χ2v) is 7.95. The summed E-state index contributed by atoms with van der Waals surface area (Å²) in [5.74, 6) is 0.679.